The van der Waals surface area contributed by atoms with E-state index in [4.69, 9.17) is 17.3 Å². The molecule has 1 aromatic carbocycles. The van der Waals surface area contributed by atoms with E-state index in [2.05, 4.69) is 10.1 Å². The maximum atomic E-state index is 12.3. The van der Waals surface area contributed by atoms with E-state index in [1.807, 2.05) is 0 Å². The second-order valence-corrected chi connectivity index (χ2v) is 5.39. The largest absolute Gasteiger partial charge is 0.434 e. The minimum Gasteiger partial charge on any atom is -0.434 e. The SMILES string of the molecule is CC(C)(CNC(=O)c1cc(Cl)ccc1OC(F)F)C(N)=O. The van der Waals surface area contributed by atoms with Gasteiger partial charge in [-0.25, -0.2) is 0 Å². The Kier molecular flexibility index (Phi) is 5.48. The Morgan fingerprint density at radius 2 is 2.05 bits per heavy atom. The second-order valence-electron chi connectivity index (χ2n) is 4.95. The number of alkyl halides is 2. The first kappa shape index (κ1) is 17.2. The summed E-state index contributed by atoms with van der Waals surface area (Å²) in [4.78, 5) is 23.2. The summed E-state index contributed by atoms with van der Waals surface area (Å²) in [6.45, 7) is -0.0318. The summed E-state index contributed by atoms with van der Waals surface area (Å²) in [7, 11) is 0. The number of primary amides is 1. The van der Waals surface area contributed by atoms with Crippen molar-refractivity contribution in [1.82, 2.24) is 5.32 Å². The zero-order chi connectivity index (χ0) is 16.2. The number of rotatable bonds is 6. The monoisotopic (exact) mass is 320 g/mol. The van der Waals surface area contributed by atoms with E-state index in [0.717, 1.165) is 0 Å². The van der Waals surface area contributed by atoms with Crippen LogP contribution in [0.2, 0.25) is 5.02 Å². The molecule has 5 nitrogen and oxygen atoms in total. The summed E-state index contributed by atoms with van der Waals surface area (Å²) < 4.78 is 28.9. The van der Waals surface area contributed by atoms with Crippen LogP contribution in [0.25, 0.3) is 0 Å². The maximum Gasteiger partial charge on any atom is 0.387 e. The Hall–Kier alpha value is -1.89. The van der Waals surface area contributed by atoms with Gasteiger partial charge in [0.2, 0.25) is 5.91 Å². The summed E-state index contributed by atoms with van der Waals surface area (Å²) in [5, 5.41) is 2.63. The molecule has 0 radical (unpaired) electrons. The van der Waals surface area contributed by atoms with E-state index < -0.39 is 23.8 Å². The zero-order valence-electron chi connectivity index (χ0n) is 11.5. The highest BCUT2D eigenvalue weighted by molar-refractivity contribution is 6.31. The minimum absolute atomic E-state index is 0.0538. The second kappa shape index (κ2) is 6.71. The molecule has 0 aromatic heterocycles. The molecule has 8 heteroatoms. The van der Waals surface area contributed by atoms with Gasteiger partial charge in [0, 0.05) is 11.6 Å². The normalized spacial score (nSPS) is 11.3. The van der Waals surface area contributed by atoms with Crippen LogP contribution < -0.4 is 15.8 Å². The average Bonchev–Trinajstić information content (AvgIpc) is 2.37. The van der Waals surface area contributed by atoms with Crippen molar-refractivity contribution in [1.29, 1.82) is 0 Å². The van der Waals surface area contributed by atoms with Crippen molar-refractivity contribution in [2.75, 3.05) is 6.54 Å². The molecule has 0 spiro atoms. The first-order chi connectivity index (χ1) is 9.63. The fourth-order valence-corrected chi connectivity index (χ4v) is 1.53. The summed E-state index contributed by atoms with van der Waals surface area (Å²) in [6, 6.07) is 3.69. The zero-order valence-corrected chi connectivity index (χ0v) is 12.2. The van der Waals surface area contributed by atoms with Crippen LogP contribution >= 0.6 is 11.6 Å². The van der Waals surface area contributed by atoms with Crippen LogP contribution in [0.3, 0.4) is 0 Å². The van der Waals surface area contributed by atoms with E-state index in [0.29, 0.717) is 0 Å². The van der Waals surface area contributed by atoms with Crippen LogP contribution in [0.4, 0.5) is 8.78 Å². The highest BCUT2D eigenvalue weighted by atomic mass is 35.5. The lowest BCUT2D eigenvalue weighted by atomic mass is 9.92. The van der Waals surface area contributed by atoms with Gasteiger partial charge in [-0.2, -0.15) is 8.78 Å². The third-order valence-corrected chi connectivity index (χ3v) is 3.00. The molecule has 0 heterocycles. The fraction of sp³-hybridized carbons (Fsp3) is 0.385. The summed E-state index contributed by atoms with van der Waals surface area (Å²) in [5.41, 5.74) is 4.06. The Bertz CT molecular complexity index is 550. The number of nitrogens with two attached hydrogens (primary N) is 1. The van der Waals surface area contributed by atoms with E-state index in [-0.39, 0.29) is 22.9 Å². The predicted octanol–water partition coefficient (Wildman–Crippen LogP) is 2.18. The van der Waals surface area contributed by atoms with Crippen molar-refractivity contribution in [3.63, 3.8) is 0 Å². The highest BCUT2D eigenvalue weighted by Gasteiger charge is 2.26. The molecule has 0 atom stereocenters. The van der Waals surface area contributed by atoms with Crippen LogP contribution in [0.1, 0.15) is 24.2 Å². The predicted molar refractivity (Wildman–Crippen MR) is 73.4 cm³/mol. The molecule has 0 bridgehead atoms. The molecule has 0 aliphatic rings. The van der Waals surface area contributed by atoms with E-state index in [9.17, 15) is 18.4 Å². The topological polar surface area (TPSA) is 81.4 Å². The van der Waals surface area contributed by atoms with Crippen molar-refractivity contribution in [3.8, 4) is 5.75 Å². The molecule has 2 amide bonds. The summed E-state index contributed by atoms with van der Waals surface area (Å²) >= 11 is 5.74. The van der Waals surface area contributed by atoms with E-state index in [1.165, 1.54) is 18.2 Å². The van der Waals surface area contributed by atoms with Crippen LogP contribution in [0.15, 0.2) is 18.2 Å². The lowest BCUT2D eigenvalue weighted by Gasteiger charge is -2.21. The van der Waals surface area contributed by atoms with Crippen LogP contribution in [-0.4, -0.2) is 25.0 Å². The summed E-state index contributed by atoms with van der Waals surface area (Å²) in [6.07, 6.45) is 0. The average molecular weight is 321 g/mol. The van der Waals surface area contributed by atoms with Crippen molar-refractivity contribution in [2.24, 2.45) is 11.1 Å². The number of halogens is 3. The fourth-order valence-electron chi connectivity index (χ4n) is 1.36. The number of nitrogens with one attached hydrogen (secondary N) is 1. The van der Waals surface area contributed by atoms with Gasteiger partial charge >= 0.3 is 6.61 Å². The van der Waals surface area contributed by atoms with Crippen molar-refractivity contribution < 1.29 is 23.1 Å². The Morgan fingerprint density at radius 3 is 2.57 bits per heavy atom. The molecule has 0 saturated carbocycles. The lowest BCUT2D eigenvalue weighted by Crippen LogP contribution is -2.42. The molecule has 0 saturated heterocycles. The number of hydrogen-bond acceptors (Lipinski definition) is 3. The number of hydrogen-bond donors (Lipinski definition) is 2. The maximum absolute atomic E-state index is 12.3. The van der Waals surface area contributed by atoms with Gasteiger partial charge in [0.1, 0.15) is 5.75 Å². The molecule has 1 rings (SSSR count). The summed E-state index contributed by atoms with van der Waals surface area (Å²) in [5.74, 6) is -1.59. The van der Waals surface area contributed by atoms with Gasteiger partial charge in [-0.3, -0.25) is 9.59 Å². The molecule has 0 aliphatic carbocycles. The van der Waals surface area contributed by atoms with Crippen LogP contribution in [0.5, 0.6) is 5.75 Å². The number of carbonyl (C=O) groups is 2. The first-order valence-electron chi connectivity index (χ1n) is 5.96. The van der Waals surface area contributed by atoms with Crippen molar-refractivity contribution in [3.05, 3.63) is 28.8 Å². The van der Waals surface area contributed by atoms with Gasteiger partial charge in [-0.15, -0.1) is 0 Å². The molecule has 3 N–H and O–H groups in total. The van der Waals surface area contributed by atoms with Gasteiger partial charge in [-0.1, -0.05) is 11.6 Å². The quantitative estimate of drug-likeness (QED) is 0.843. The van der Waals surface area contributed by atoms with Gasteiger partial charge in [0.05, 0.1) is 11.0 Å². The van der Waals surface area contributed by atoms with Crippen molar-refractivity contribution >= 4 is 23.4 Å². The number of carbonyl (C=O) groups excluding carboxylic acids is 2. The highest BCUT2D eigenvalue weighted by Crippen LogP contribution is 2.25. The van der Waals surface area contributed by atoms with Crippen LogP contribution in [0, 0.1) is 5.41 Å². The Labute approximate surface area is 125 Å². The minimum atomic E-state index is -3.07. The van der Waals surface area contributed by atoms with E-state index >= 15 is 0 Å². The molecule has 116 valence electrons. The standard InChI is InChI=1S/C13H15ClF2N2O3/c1-13(2,11(17)20)6-18-10(19)8-5-7(14)3-4-9(8)21-12(15)16/h3-5,12H,6H2,1-2H3,(H2,17,20)(H,18,19). The van der Waals surface area contributed by atoms with Gasteiger partial charge < -0.3 is 15.8 Å². The molecule has 21 heavy (non-hydrogen) atoms. The van der Waals surface area contributed by atoms with Gasteiger partial charge in [-0.05, 0) is 32.0 Å². The first-order valence-corrected chi connectivity index (χ1v) is 6.34. The van der Waals surface area contributed by atoms with Gasteiger partial charge in [0.25, 0.3) is 5.91 Å². The third-order valence-electron chi connectivity index (χ3n) is 2.76. The number of amides is 2. The van der Waals surface area contributed by atoms with Crippen LogP contribution in [-0.2, 0) is 4.79 Å². The lowest BCUT2D eigenvalue weighted by molar-refractivity contribution is -0.125. The van der Waals surface area contributed by atoms with E-state index in [1.54, 1.807) is 13.8 Å². The molecule has 0 fully saturated rings. The molecular weight excluding hydrogens is 306 g/mol. The molecule has 0 unspecified atom stereocenters. The Morgan fingerprint density at radius 1 is 1.43 bits per heavy atom. The Balaban J connectivity index is 2.91. The van der Waals surface area contributed by atoms with Gasteiger partial charge in [0.15, 0.2) is 0 Å². The molecular formula is C13H15ClF2N2O3. The number of ether oxygens (including phenoxy) is 1. The van der Waals surface area contributed by atoms with Crippen molar-refractivity contribution in [2.45, 2.75) is 20.5 Å². The molecule has 0 aliphatic heterocycles. The number of benzene rings is 1. The molecule has 1 aromatic rings. The smallest absolute Gasteiger partial charge is 0.387 e. The third kappa shape index (κ3) is 4.86.